The third kappa shape index (κ3) is 1.77. The third-order valence-corrected chi connectivity index (χ3v) is 3.39. The number of aliphatic hydroxyl groups is 5. The molecule has 2 fully saturated rings. The van der Waals surface area contributed by atoms with Crippen molar-refractivity contribution in [3.05, 3.63) is 0 Å². The van der Waals surface area contributed by atoms with Gasteiger partial charge in [-0.2, -0.15) is 0 Å². The highest BCUT2D eigenvalue weighted by molar-refractivity contribution is 5.02. The fourth-order valence-corrected chi connectivity index (χ4v) is 2.47. The van der Waals surface area contributed by atoms with Crippen LogP contribution in [0, 0.1) is 0 Å². The Kier molecular flexibility index (Phi) is 2.98. The van der Waals surface area contributed by atoms with Crippen LogP contribution in [0.5, 0.6) is 0 Å². The van der Waals surface area contributed by atoms with Crippen LogP contribution in [0.25, 0.3) is 0 Å². The van der Waals surface area contributed by atoms with Gasteiger partial charge >= 0.3 is 0 Å². The molecule has 0 aromatic carbocycles. The lowest BCUT2D eigenvalue weighted by atomic mass is 9.84. The summed E-state index contributed by atoms with van der Waals surface area (Å²) in [6.45, 7) is 0.719. The molecule has 2 saturated heterocycles. The topological polar surface area (TPSA) is 104 Å². The van der Waals surface area contributed by atoms with Gasteiger partial charge in [-0.05, 0) is 6.42 Å². The predicted molar refractivity (Wildman–Crippen MR) is 50.0 cm³/mol. The zero-order chi connectivity index (χ0) is 11.2. The maximum atomic E-state index is 9.71. The van der Waals surface area contributed by atoms with Crippen molar-refractivity contribution in [3.63, 3.8) is 0 Å². The second kappa shape index (κ2) is 3.97. The average molecular weight is 219 g/mol. The molecule has 0 spiro atoms. The molecule has 0 bridgehead atoms. The van der Waals surface area contributed by atoms with E-state index >= 15 is 0 Å². The Bertz CT molecular complexity index is 237. The minimum Gasteiger partial charge on any atom is -0.390 e. The molecule has 0 radical (unpaired) electrons. The van der Waals surface area contributed by atoms with Gasteiger partial charge in [0.05, 0.1) is 24.4 Å². The van der Waals surface area contributed by atoms with E-state index in [0.717, 1.165) is 0 Å². The summed E-state index contributed by atoms with van der Waals surface area (Å²) >= 11 is 0. The van der Waals surface area contributed by atoms with E-state index in [1.54, 1.807) is 4.90 Å². The zero-order valence-corrected chi connectivity index (χ0v) is 8.27. The van der Waals surface area contributed by atoms with Gasteiger partial charge in [-0.1, -0.05) is 0 Å². The summed E-state index contributed by atoms with van der Waals surface area (Å²) in [6.07, 6.45) is -5.02. The molecule has 2 aliphatic heterocycles. The molecule has 0 aromatic heterocycles. The summed E-state index contributed by atoms with van der Waals surface area (Å²) in [6, 6.07) is -0.688. The van der Waals surface area contributed by atoms with Gasteiger partial charge in [-0.15, -0.1) is 0 Å². The Morgan fingerprint density at radius 3 is 2.13 bits per heavy atom. The van der Waals surface area contributed by atoms with Gasteiger partial charge in [0.25, 0.3) is 0 Å². The van der Waals surface area contributed by atoms with Crippen molar-refractivity contribution in [2.75, 3.05) is 13.1 Å². The van der Waals surface area contributed by atoms with E-state index in [-0.39, 0.29) is 6.54 Å². The molecular formula is C9H17NO5. The first-order valence-electron chi connectivity index (χ1n) is 5.16. The Hall–Kier alpha value is -0.240. The molecule has 0 unspecified atom stereocenters. The molecule has 0 saturated carbocycles. The van der Waals surface area contributed by atoms with E-state index in [1.165, 1.54) is 0 Å². The standard InChI is InChI=1S/C9H17NO5/c11-4-1-2-10-3-5(12)8(14)9(15)6(10)7(4)13/h4-9,11-15H,1-3H2/t4-,5-,6-,7-,8+,9+/m0/s1. The summed E-state index contributed by atoms with van der Waals surface area (Å²) in [5, 5.41) is 47.8. The fourth-order valence-electron chi connectivity index (χ4n) is 2.47. The van der Waals surface area contributed by atoms with Crippen LogP contribution < -0.4 is 0 Å². The third-order valence-electron chi connectivity index (χ3n) is 3.39. The lowest BCUT2D eigenvalue weighted by molar-refractivity contribution is -0.189. The van der Waals surface area contributed by atoms with Gasteiger partial charge in [0.1, 0.15) is 12.2 Å². The first kappa shape index (κ1) is 11.3. The van der Waals surface area contributed by atoms with Crippen molar-refractivity contribution in [3.8, 4) is 0 Å². The van der Waals surface area contributed by atoms with Gasteiger partial charge in [0.15, 0.2) is 0 Å². The summed E-state index contributed by atoms with van der Waals surface area (Å²) in [5.74, 6) is 0. The molecule has 88 valence electrons. The van der Waals surface area contributed by atoms with E-state index in [1.807, 2.05) is 0 Å². The minimum atomic E-state index is -1.26. The first-order valence-corrected chi connectivity index (χ1v) is 5.16. The van der Waals surface area contributed by atoms with Crippen LogP contribution in [0.15, 0.2) is 0 Å². The smallest absolute Gasteiger partial charge is 0.109 e. The van der Waals surface area contributed by atoms with Gasteiger partial charge in [0, 0.05) is 13.1 Å². The monoisotopic (exact) mass is 219 g/mol. The van der Waals surface area contributed by atoms with Crippen LogP contribution in [0.2, 0.25) is 0 Å². The van der Waals surface area contributed by atoms with Crippen LogP contribution >= 0.6 is 0 Å². The van der Waals surface area contributed by atoms with Gasteiger partial charge < -0.3 is 25.5 Å². The van der Waals surface area contributed by atoms with Crippen LogP contribution in [0.3, 0.4) is 0 Å². The fraction of sp³-hybridized carbons (Fsp3) is 1.00. The highest BCUT2D eigenvalue weighted by Crippen LogP contribution is 2.27. The number of hydrogen-bond acceptors (Lipinski definition) is 6. The number of nitrogens with zero attached hydrogens (tertiary/aromatic N) is 1. The molecule has 6 heteroatoms. The molecule has 0 aliphatic carbocycles. The highest BCUT2D eigenvalue weighted by Gasteiger charge is 2.48. The Labute approximate surface area is 87.4 Å². The molecule has 2 heterocycles. The molecule has 5 N–H and O–H groups in total. The Morgan fingerprint density at radius 2 is 1.47 bits per heavy atom. The number of fused-ring (bicyclic) bond motifs is 1. The molecule has 15 heavy (non-hydrogen) atoms. The Morgan fingerprint density at radius 1 is 0.800 bits per heavy atom. The van der Waals surface area contributed by atoms with Crippen molar-refractivity contribution in [1.82, 2.24) is 4.90 Å². The molecule has 2 rings (SSSR count). The lowest BCUT2D eigenvalue weighted by Crippen LogP contribution is -2.69. The Balaban J connectivity index is 2.16. The first-order chi connectivity index (χ1) is 7.02. The zero-order valence-electron chi connectivity index (χ0n) is 8.27. The van der Waals surface area contributed by atoms with Crippen LogP contribution in [0.1, 0.15) is 6.42 Å². The van der Waals surface area contributed by atoms with E-state index in [0.29, 0.717) is 13.0 Å². The molecule has 0 amide bonds. The second-order valence-corrected chi connectivity index (χ2v) is 4.38. The number of aliphatic hydroxyl groups excluding tert-OH is 5. The van der Waals surface area contributed by atoms with Crippen molar-refractivity contribution >= 4 is 0 Å². The lowest BCUT2D eigenvalue weighted by Gasteiger charge is -2.49. The number of hydrogen-bond donors (Lipinski definition) is 5. The van der Waals surface area contributed by atoms with Crippen molar-refractivity contribution < 1.29 is 25.5 Å². The van der Waals surface area contributed by atoms with Gasteiger partial charge in [-0.3, -0.25) is 4.90 Å². The quantitative estimate of drug-likeness (QED) is 0.295. The van der Waals surface area contributed by atoms with Crippen molar-refractivity contribution in [1.29, 1.82) is 0 Å². The SMILES string of the molecule is O[C@@H]1[C@H]2[C@@H](O)[C@H](O)[C@@H](O)CN2CC[C@@H]1O. The number of piperidine rings is 2. The second-order valence-electron chi connectivity index (χ2n) is 4.38. The molecule has 0 aromatic rings. The van der Waals surface area contributed by atoms with Gasteiger partial charge in [-0.25, -0.2) is 0 Å². The molecule has 2 aliphatic rings. The molecule has 6 atom stereocenters. The predicted octanol–water partition coefficient (Wildman–Crippen LogP) is -3.12. The van der Waals surface area contributed by atoms with Gasteiger partial charge in [0.2, 0.25) is 0 Å². The summed E-state index contributed by atoms with van der Waals surface area (Å²) in [7, 11) is 0. The molecular weight excluding hydrogens is 202 g/mol. The normalized spacial score (nSPS) is 52.6. The maximum absolute atomic E-state index is 9.71. The van der Waals surface area contributed by atoms with E-state index in [9.17, 15) is 25.5 Å². The average Bonchev–Trinajstić information content (AvgIpc) is 2.20. The summed E-state index contributed by atoms with van der Waals surface area (Å²) in [4.78, 5) is 1.71. The van der Waals surface area contributed by atoms with Crippen LogP contribution in [0.4, 0.5) is 0 Å². The maximum Gasteiger partial charge on any atom is 0.109 e. The van der Waals surface area contributed by atoms with E-state index < -0.39 is 36.6 Å². The van der Waals surface area contributed by atoms with Crippen molar-refractivity contribution in [2.45, 2.75) is 43.0 Å². The van der Waals surface area contributed by atoms with E-state index in [2.05, 4.69) is 0 Å². The summed E-state index contributed by atoms with van der Waals surface area (Å²) in [5.41, 5.74) is 0. The van der Waals surface area contributed by atoms with E-state index in [4.69, 9.17) is 0 Å². The highest BCUT2D eigenvalue weighted by atomic mass is 16.4. The van der Waals surface area contributed by atoms with Crippen molar-refractivity contribution in [2.24, 2.45) is 0 Å². The minimum absolute atomic E-state index is 0.215. The summed E-state index contributed by atoms with van der Waals surface area (Å²) < 4.78 is 0. The van der Waals surface area contributed by atoms with Crippen LogP contribution in [-0.4, -0.2) is 80.1 Å². The van der Waals surface area contributed by atoms with Crippen LogP contribution in [-0.2, 0) is 0 Å². The number of rotatable bonds is 0. The largest absolute Gasteiger partial charge is 0.390 e. The molecule has 6 nitrogen and oxygen atoms in total.